The molecule has 56 heavy (non-hydrogen) atoms. The summed E-state index contributed by atoms with van der Waals surface area (Å²) in [4.78, 5) is 97.9. The van der Waals surface area contributed by atoms with Crippen molar-refractivity contribution in [1.82, 2.24) is 9.97 Å². The highest BCUT2D eigenvalue weighted by molar-refractivity contribution is 6.30. The molecular formula is C46H33N3O7. The highest BCUT2D eigenvalue weighted by atomic mass is 16.5. The lowest BCUT2D eigenvalue weighted by atomic mass is 9.65. The molecular weight excluding hydrogens is 707 g/mol. The van der Waals surface area contributed by atoms with Gasteiger partial charge in [-0.1, -0.05) is 55.5 Å². The van der Waals surface area contributed by atoms with Crippen LogP contribution in [0.15, 0.2) is 130 Å². The molecule has 2 aromatic heterocycles. The van der Waals surface area contributed by atoms with Gasteiger partial charge in [-0.2, -0.15) is 0 Å². The van der Waals surface area contributed by atoms with E-state index in [0.29, 0.717) is 54.0 Å². The number of hydrogen-bond acceptors (Lipinski definition) is 10. The van der Waals surface area contributed by atoms with Gasteiger partial charge in [0.1, 0.15) is 17.2 Å². The molecule has 10 rings (SSSR count). The molecule has 6 aliphatic rings. The van der Waals surface area contributed by atoms with Crippen molar-refractivity contribution in [3.05, 3.63) is 164 Å². The Labute approximate surface area is 321 Å². The van der Waals surface area contributed by atoms with E-state index in [1.807, 2.05) is 13.0 Å². The highest BCUT2D eigenvalue weighted by Crippen LogP contribution is 2.52. The van der Waals surface area contributed by atoms with Gasteiger partial charge in [-0.15, -0.1) is 0 Å². The van der Waals surface area contributed by atoms with E-state index >= 15 is 0 Å². The number of rotatable bonds is 4. The number of carbonyl (C=O) groups is 6. The maximum atomic E-state index is 14.4. The fourth-order valence-corrected chi connectivity index (χ4v) is 9.72. The number of aromatic nitrogens is 2. The molecule has 10 heteroatoms. The van der Waals surface area contributed by atoms with Crippen molar-refractivity contribution >= 4 is 40.4 Å². The molecule has 0 N–H and O–H groups in total. The third-order valence-corrected chi connectivity index (χ3v) is 12.1. The number of ether oxygens (including phenoxy) is 1. The highest BCUT2D eigenvalue weighted by Gasteiger charge is 2.51. The number of ketones is 6. The van der Waals surface area contributed by atoms with Crippen molar-refractivity contribution in [1.29, 1.82) is 0 Å². The minimum atomic E-state index is -0.877. The molecule has 0 bridgehead atoms. The van der Waals surface area contributed by atoms with Gasteiger partial charge in [0.15, 0.2) is 23.1 Å². The number of Topliss-reactive ketones (excluding diaryl/α,β-unsaturated/α-hetero) is 6. The first-order valence-corrected chi connectivity index (χ1v) is 18.9. The molecule has 2 aromatic carbocycles. The number of fused-ring (bicyclic) bond motifs is 3. The fourth-order valence-electron chi connectivity index (χ4n) is 9.72. The van der Waals surface area contributed by atoms with Crippen molar-refractivity contribution in [3.8, 4) is 0 Å². The molecule has 0 spiro atoms. The molecule has 10 nitrogen and oxygen atoms in total. The lowest BCUT2D eigenvalue weighted by Crippen LogP contribution is -2.41. The van der Waals surface area contributed by atoms with Gasteiger partial charge < -0.3 is 4.74 Å². The van der Waals surface area contributed by atoms with Crippen molar-refractivity contribution in [2.75, 3.05) is 0 Å². The van der Waals surface area contributed by atoms with Gasteiger partial charge in [0.05, 0.1) is 23.1 Å². The Bertz CT molecular complexity index is 2650. The zero-order valence-electron chi connectivity index (χ0n) is 30.3. The number of nitrogens with zero attached hydrogens (tertiary/aromatic N) is 3. The van der Waals surface area contributed by atoms with Gasteiger partial charge in [-0.05, 0) is 60.1 Å². The van der Waals surface area contributed by atoms with Crippen molar-refractivity contribution in [3.63, 3.8) is 0 Å². The van der Waals surface area contributed by atoms with E-state index in [1.54, 1.807) is 85.3 Å². The zero-order valence-corrected chi connectivity index (χ0v) is 30.3. The smallest absolute Gasteiger partial charge is 0.229 e. The Hall–Kier alpha value is -6.55. The summed E-state index contributed by atoms with van der Waals surface area (Å²) in [5, 5.41) is 0. The van der Waals surface area contributed by atoms with Crippen LogP contribution in [0.4, 0.5) is 0 Å². The zero-order chi connectivity index (χ0) is 38.5. The summed E-state index contributed by atoms with van der Waals surface area (Å²) in [6, 6.07) is 20.7. The Morgan fingerprint density at radius 1 is 0.714 bits per heavy atom. The first-order chi connectivity index (χ1) is 27.1. The monoisotopic (exact) mass is 739 g/mol. The van der Waals surface area contributed by atoms with Gasteiger partial charge in [0.2, 0.25) is 11.6 Å². The van der Waals surface area contributed by atoms with Crippen LogP contribution in [0.1, 0.15) is 109 Å². The molecule has 0 radical (unpaired) electrons. The van der Waals surface area contributed by atoms with Crippen LogP contribution >= 0.6 is 0 Å². The Morgan fingerprint density at radius 2 is 1.48 bits per heavy atom. The Morgan fingerprint density at radius 3 is 2.25 bits per heavy atom. The molecule has 4 aliphatic carbocycles. The first kappa shape index (κ1) is 34.0. The maximum absolute atomic E-state index is 14.4. The van der Waals surface area contributed by atoms with Crippen LogP contribution in [0.25, 0.3) is 0 Å². The SMILES string of the molecule is CC1(Cc2ccc3c(c2)C(=O)C2=C(C3=O)C(c3cccnc3)C3C(=O)CCCC3=N2)CC(=O)C2=C(C1)OC1=C(C(=O)c3ccccc3C1=O)C2c1ccccn1. The largest absolute Gasteiger partial charge is 0.457 e. The number of carbonyl (C=O) groups excluding carboxylic acids is 6. The van der Waals surface area contributed by atoms with Crippen molar-refractivity contribution in [2.24, 2.45) is 16.3 Å². The summed E-state index contributed by atoms with van der Waals surface area (Å²) < 4.78 is 6.36. The van der Waals surface area contributed by atoms with Crippen LogP contribution in [0.5, 0.6) is 0 Å². The molecule has 4 atom stereocenters. The van der Waals surface area contributed by atoms with E-state index in [2.05, 4.69) is 9.97 Å². The summed E-state index contributed by atoms with van der Waals surface area (Å²) in [5.74, 6) is -3.61. The van der Waals surface area contributed by atoms with Gasteiger partial charge in [-0.25, -0.2) is 0 Å². The van der Waals surface area contributed by atoms with E-state index in [-0.39, 0.29) is 86.6 Å². The summed E-state index contributed by atoms with van der Waals surface area (Å²) >= 11 is 0. The van der Waals surface area contributed by atoms with E-state index in [0.717, 1.165) is 5.56 Å². The molecule has 4 unspecified atom stereocenters. The molecule has 1 fully saturated rings. The number of allylic oxidation sites excluding steroid dienone is 6. The minimum Gasteiger partial charge on any atom is -0.457 e. The predicted octanol–water partition coefficient (Wildman–Crippen LogP) is 7.03. The minimum absolute atomic E-state index is 0.00965. The lowest BCUT2D eigenvalue weighted by Gasteiger charge is -2.41. The van der Waals surface area contributed by atoms with E-state index in [4.69, 9.17) is 9.73 Å². The third kappa shape index (κ3) is 5.05. The van der Waals surface area contributed by atoms with Crippen molar-refractivity contribution in [2.45, 2.75) is 57.3 Å². The Kier molecular flexibility index (Phi) is 7.58. The molecule has 2 aliphatic heterocycles. The second kappa shape index (κ2) is 12.5. The van der Waals surface area contributed by atoms with Gasteiger partial charge in [0, 0.05) is 82.9 Å². The fraction of sp³-hybridized carbons (Fsp3) is 0.239. The van der Waals surface area contributed by atoms with Crippen molar-refractivity contribution < 1.29 is 33.5 Å². The normalized spacial score (nSPS) is 25.4. The quantitative estimate of drug-likeness (QED) is 0.215. The second-order valence-corrected chi connectivity index (χ2v) is 15.8. The number of pyridine rings is 2. The van der Waals surface area contributed by atoms with E-state index in [1.165, 1.54) is 0 Å². The second-order valence-electron chi connectivity index (χ2n) is 15.8. The predicted molar refractivity (Wildman–Crippen MR) is 202 cm³/mol. The molecule has 4 aromatic rings. The molecule has 0 amide bonds. The van der Waals surface area contributed by atoms with Crippen LogP contribution < -0.4 is 0 Å². The third-order valence-electron chi connectivity index (χ3n) is 12.1. The average Bonchev–Trinajstić information content (AvgIpc) is 3.21. The van der Waals surface area contributed by atoms with Crippen LogP contribution in [0.2, 0.25) is 0 Å². The average molecular weight is 740 g/mol. The maximum Gasteiger partial charge on any atom is 0.229 e. The van der Waals surface area contributed by atoms with Crippen LogP contribution in [-0.4, -0.2) is 50.4 Å². The lowest BCUT2D eigenvalue weighted by molar-refractivity contribution is -0.122. The van der Waals surface area contributed by atoms with E-state index in [9.17, 15) is 28.8 Å². The number of hydrogen-bond donors (Lipinski definition) is 0. The molecule has 1 saturated carbocycles. The summed E-state index contributed by atoms with van der Waals surface area (Å²) in [7, 11) is 0. The van der Waals surface area contributed by atoms with Gasteiger partial charge in [0.25, 0.3) is 0 Å². The standard InChI is InChI=1S/C46H33N3O7/c1-46(20-32(51)37-33(21-46)56-45-39(36(37)29-11-4-5-17-48-29)42(53)25-9-2-3-10-26(25)44(45)55)19-23-14-15-27-28(18-23)43(54)40-38(41(27)52)34(24-8-7-16-47-22-24)35-30(49-40)12-6-13-31(35)50/h2-5,7-11,14-18,22,34-36H,6,12-13,19-21H2,1H3. The Balaban J connectivity index is 1.00. The molecule has 274 valence electrons. The summed E-state index contributed by atoms with van der Waals surface area (Å²) in [5.41, 5.74) is 3.57. The number of benzene rings is 2. The van der Waals surface area contributed by atoms with Crippen LogP contribution in [-0.2, 0) is 20.7 Å². The van der Waals surface area contributed by atoms with Gasteiger partial charge >= 0.3 is 0 Å². The van der Waals surface area contributed by atoms with Gasteiger partial charge in [-0.3, -0.25) is 43.7 Å². The first-order valence-electron chi connectivity index (χ1n) is 18.9. The summed E-state index contributed by atoms with van der Waals surface area (Å²) in [6.45, 7) is 1.96. The molecule has 0 saturated heterocycles. The number of aliphatic imine (C=N–C) groups is 1. The van der Waals surface area contributed by atoms with Crippen LogP contribution in [0.3, 0.4) is 0 Å². The van der Waals surface area contributed by atoms with E-state index < -0.39 is 29.0 Å². The van der Waals surface area contributed by atoms with Crippen LogP contribution in [0, 0.1) is 11.3 Å². The summed E-state index contributed by atoms with van der Waals surface area (Å²) in [6.07, 6.45) is 7.19. The topological polar surface area (TPSA) is 150 Å². The molecule has 4 heterocycles.